The predicted molar refractivity (Wildman–Crippen MR) is 72.8 cm³/mol. The highest BCUT2D eigenvalue weighted by atomic mass is 19.1. The largest absolute Gasteiger partial charge is 0.377 e. The van der Waals surface area contributed by atoms with Crippen LogP contribution in [0.15, 0.2) is 18.2 Å². The van der Waals surface area contributed by atoms with Gasteiger partial charge < -0.3 is 20.1 Å². The Morgan fingerprint density at radius 2 is 1.84 bits per heavy atom. The van der Waals surface area contributed by atoms with Crippen molar-refractivity contribution in [3.63, 3.8) is 0 Å². The highest BCUT2D eigenvalue weighted by Crippen LogP contribution is 2.31. The van der Waals surface area contributed by atoms with Gasteiger partial charge in [0.15, 0.2) is 0 Å². The summed E-state index contributed by atoms with van der Waals surface area (Å²) < 4.78 is 24.8. The Morgan fingerprint density at radius 1 is 1.26 bits per heavy atom. The molecule has 1 heterocycles. The van der Waals surface area contributed by atoms with Crippen LogP contribution in [0.3, 0.4) is 0 Å². The summed E-state index contributed by atoms with van der Waals surface area (Å²) in [6, 6.07) is 4.70. The molecular formula is C14H21FN2O2. The lowest BCUT2D eigenvalue weighted by atomic mass is 10.1. The average Bonchev–Trinajstić information content (AvgIpc) is 2.81. The van der Waals surface area contributed by atoms with Crippen molar-refractivity contribution in [3.05, 3.63) is 29.6 Å². The molecule has 1 saturated heterocycles. The van der Waals surface area contributed by atoms with Gasteiger partial charge in [-0.1, -0.05) is 6.07 Å². The van der Waals surface area contributed by atoms with Crippen molar-refractivity contribution in [2.45, 2.75) is 25.2 Å². The summed E-state index contributed by atoms with van der Waals surface area (Å²) in [6.07, 6.45) is -0.0107. The highest BCUT2D eigenvalue weighted by Gasteiger charge is 2.34. The molecule has 0 spiro atoms. The smallest absolute Gasteiger partial charge is 0.130 e. The Balaban J connectivity index is 2.31. The molecule has 1 aromatic carbocycles. The summed E-state index contributed by atoms with van der Waals surface area (Å²) in [5.41, 5.74) is 7.27. The van der Waals surface area contributed by atoms with E-state index in [1.54, 1.807) is 27.2 Å². The highest BCUT2D eigenvalue weighted by molar-refractivity contribution is 5.56. The number of ether oxygens (including phenoxy) is 2. The molecular weight excluding hydrogens is 247 g/mol. The first kappa shape index (κ1) is 14.2. The van der Waals surface area contributed by atoms with E-state index >= 15 is 0 Å². The molecule has 1 fully saturated rings. The fourth-order valence-corrected chi connectivity index (χ4v) is 2.65. The molecule has 2 rings (SSSR count). The minimum atomic E-state index is -0.348. The molecule has 0 aromatic heterocycles. The summed E-state index contributed by atoms with van der Waals surface area (Å²) >= 11 is 0. The van der Waals surface area contributed by atoms with Crippen molar-refractivity contribution in [2.24, 2.45) is 5.73 Å². The van der Waals surface area contributed by atoms with Gasteiger partial charge in [0.25, 0.3) is 0 Å². The molecule has 1 aliphatic heterocycles. The number of hydrogen-bond donors (Lipinski definition) is 1. The van der Waals surface area contributed by atoms with Gasteiger partial charge in [0.2, 0.25) is 0 Å². The fraction of sp³-hybridized carbons (Fsp3) is 0.571. The predicted octanol–water partition coefficient (Wildman–Crippen LogP) is 1.70. The topological polar surface area (TPSA) is 47.7 Å². The Morgan fingerprint density at radius 3 is 2.32 bits per heavy atom. The van der Waals surface area contributed by atoms with Gasteiger partial charge in [-0.3, -0.25) is 0 Å². The number of rotatable bonds is 4. The fourth-order valence-electron chi connectivity index (χ4n) is 2.65. The van der Waals surface area contributed by atoms with Gasteiger partial charge in [-0.05, 0) is 19.1 Å². The van der Waals surface area contributed by atoms with E-state index in [0.717, 1.165) is 5.69 Å². The van der Waals surface area contributed by atoms with Gasteiger partial charge in [-0.25, -0.2) is 4.39 Å². The SMILES string of the molecule is COC1CN(c2cccc(F)c2[C@H](C)N)CC1OC. The maximum absolute atomic E-state index is 13.9. The van der Waals surface area contributed by atoms with E-state index in [-0.39, 0.29) is 24.1 Å². The number of benzene rings is 1. The van der Waals surface area contributed by atoms with Gasteiger partial charge in [0.05, 0.1) is 0 Å². The second-order valence-corrected chi connectivity index (χ2v) is 4.91. The maximum atomic E-state index is 13.9. The summed E-state index contributed by atoms with van der Waals surface area (Å²) in [5, 5.41) is 0. The lowest BCUT2D eigenvalue weighted by Gasteiger charge is -2.23. The van der Waals surface area contributed by atoms with Gasteiger partial charge in [0, 0.05) is 44.6 Å². The number of nitrogens with two attached hydrogens (primary N) is 1. The van der Waals surface area contributed by atoms with E-state index in [0.29, 0.717) is 18.7 Å². The number of halogens is 1. The average molecular weight is 268 g/mol. The lowest BCUT2D eigenvalue weighted by molar-refractivity contribution is -0.00461. The monoisotopic (exact) mass is 268 g/mol. The van der Waals surface area contributed by atoms with Gasteiger partial charge in [-0.2, -0.15) is 0 Å². The van der Waals surface area contributed by atoms with E-state index in [9.17, 15) is 4.39 Å². The van der Waals surface area contributed by atoms with Gasteiger partial charge >= 0.3 is 0 Å². The van der Waals surface area contributed by atoms with Crippen molar-refractivity contribution in [1.82, 2.24) is 0 Å². The van der Waals surface area contributed by atoms with E-state index in [4.69, 9.17) is 15.2 Å². The molecule has 3 atom stereocenters. The Kier molecular flexibility index (Phi) is 4.39. The third-order valence-corrected chi connectivity index (χ3v) is 3.65. The quantitative estimate of drug-likeness (QED) is 0.903. The van der Waals surface area contributed by atoms with E-state index in [1.165, 1.54) is 6.07 Å². The minimum Gasteiger partial charge on any atom is -0.377 e. The van der Waals surface area contributed by atoms with Crippen LogP contribution in [0, 0.1) is 5.82 Å². The number of methoxy groups -OCH3 is 2. The third kappa shape index (κ3) is 2.73. The zero-order valence-corrected chi connectivity index (χ0v) is 11.6. The molecule has 2 N–H and O–H groups in total. The van der Waals surface area contributed by atoms with Crippen LogP contribution in [0.4, 0.5) is 10.1 Å². The van der Waals surface area contributed by atoms with Gasteiger partial charge in [0.1, 0.15) is 18.0 Å². The maximum Gasteiger partial charge on any atom is 0.130 e. The molecule has 2 unspecified atom stereocenters. The van der Waals surface area contributed by atoms with Crippen molar-refractivity contribution in [2.75, 3.05) is 32.2 Å². The number of hydrogen-bond acceptors (Lipinski definition) is 4. The molecule has 1 aromatic rings. The molecule has 0 aliphatic carbocycles. The number of anilines is 1. The zero-order valence-electron chi connectivity index (χ0n) is 11.6. The molecule has 0 radical (unpaired) electrons. The minimum absolute atomic E-state index is 0.00537. The van der Waals surface area contributed by atoms with Crippen LogP contribution in [0.2, 0.25) is 0 Å². The lowest BCUT2D eigenvalue weighted by Crippen LogP contribution is -2.27. The second kappa shape index (κ2) is 5.86. The molecule has 1 aliphatic rings. The Labute approximate surface area is 113 Å². The van der Waals surface area contributed by atoms with Crippen molar-refractivity contribution in [3.8, 4) is 0 Å². The van der Waals surface area contributed by atoms with Crippen molar-refractivity contribution in [1.29, 1.82) is 0 Å². The van der Waals surface area contributed by atoms with Crippen LogP contribution in [-0.4, -0.2) is 39.5 Å². The van der Waals surface area contributed by atoms with Crippen molar-refractivity contribution < 1.29 is 13.9 Å². The summed E-state index contributed by atoms with van der Waals surface area (Å²) in [7, 11) is 3.33. The Hall–Kier alpha value is -1.17. The van der Waals surface area contributed by atoms with E-state index < -0.39 is 0 Å². The van der Waals surface area contributed by atoms with Crippen LogP contribution in [-0.2, 0) is 9.47 Å². The second-order valence-electron chi connectivity index (χ2n) is 4.91. The first-order valence-corrected chi connectivity index (χ1v) is 6.43. The standard InChI is InChI=1S/C14H21FN2O2/c1-9(16)14-10(15)5-4-6-11(14)17-7-12(18-2)13(8-17)19-3/h4-6,9,12-13H,7-8,16H2,1-3H3/t9-,12?,13?/m0/s1. The van der Waals surface area contributed by atoms with Crippen LogP contribution in [0.5, 0.6) is 0 Å². The summed E-state index contributed by atoms with van der Waals surface area (Å²) in [5.74, 6) is -0.262. The molecule has 5 heteroatoms. The molecule has 19 heavy (non-hydrogen) atoms. The number of nitrogens with zero attached hydrogens (tertiary/aromatic N) is 1. The Bertz CT molecular complexity index is 427. The zero-order chi connectivity index (χ0) is 14.0. The van der Waals surface area contributed by atoms with Crippen LogP contribution in [0.1, 0.15) is 18.5 Å². The summed E-state index contributed by atoms with van der Waals surface area (Å²) in [6.45, 7) is 3.15. The van der Waals surface area contributed by atoms with Gasteiger partial charge in [-0.15, -0.1) is 0 Å². The summed E-state index contributed by atoms with van der Waals surface area (Å²) in [4.78, 5) is 2.07. The normalized spacial score (nSPS) is 24.8. The third-order valence-electron chi connectivity index (χ3n) is 3.65. The molecule has 0 bridgehead atoms. The van der Waals surface area contributed by atoms with E-state index in [1.807, 2.05) is 6.07 Å². The van der Waals surface area contributed by atoms with Crippen LogP contribution >= 0.6 is 0 Å². The van der Waals surface area contributed by atoms with Crippen LogP contribution < -0.4 is 10.6 Å². The first-order valence-electron chi connectivity index (χ1n) is 6.43. The molecule has 106 valence electrons. The van der Waals surface area contributed by atoms with Crippen molar-refractivity contribution >= 4 is 5.69 Å². The molecule has 0 amide bonds. The van der Waals surface area contributed by atoms with E-state index in [2.05, 4.69) is 4.90 Å². The molecule has 0 saturated carbocycles. The molecule has 4 nitrogen and oxygen atoms in total. The van der Waals surface area contributed by atoms with Crippen LogP contribution in [0.25, 0.3) is 0 Å². The first-order chi connectivity index (χ1) is 9.08.